The molecule has 3 rings (SSSR count). The van der Waals surface area contributed by atoms with Gasteiger partial charge >= 0.3 is 5.69 Å². The van der Waals surface area contributed by atoms with Gasteiger partial charge in [0.25, 0.3) is 5.56 Å². The highest BCUT2D eigenvalue weighted by Crippen LogP contribution is 2.24. The fourth-order valence-electron chi connectivity index (χ4n) is 2.11. The van der Waals surface area contributed by atoms with Gasteiger partial charge in [-0.25, -0.2) is 9.78 Å². The van der Waals surface area contributed by atoms with Crippen molar-refractivity contribution in [2.45, 2.75) is 5.03 Å². The monoisotopic (exact) mass is 353 g/mol. The third-order valence-corrected chi connectivity index (χ3v) is 4.23. The normalized spacial score (nSPS) is 10.4. The zero-order valence-electron chi connectivity index (χ0n) is 12.7. The Labute approximate surface area is 144 Å². The van der Waals surface area contributed by atoms with Crippen molar-refractivity contribution in [1.82, 2.24) is 15.0 Å². The highest BCUT2D eigenvalue weighted by molar-refractivity contribution is 8.00. The van der Waals surface area contributed by atoms with Gasteiger partial charge in [-0.05, 0) is 12.1 Å². The zero-order chi connectivity index (χ0) is 17.8. The summed E-state index contributed by atoms with van der Waals surface area (Å²) in [4.78, 5) is 43.2. The minimum Gasteiger partial charge on any atom is -0.320 e. The quantitative estimate of drug-likeness (QED) is 0.604. The Bertz CT molecular complexity index is 1110. The molecule has 1 amide bonds. The molecule has 3 N–H and O–H groups in total. The van der Waals surface area contributed by atoms with E-state index in [9.17, 15) is 19.6 Å². The molecular formula is C16H11N5O3S. The second kappa shape index (κ2) is 7.02. The number of hydrogen-bond donors (Lipinski definition) is 3. The first kappa shape index (κ1) is 16.5. The summed E-state index contributed by atoms with van der Waals surface area (Å²) in [5, 5.41) is 12.9. The van der Waals surface area contributed by atoms with Crippen molar-refractivity contribution in [1.29, 1.82) is 5.26 Å². The first-order valence-corrected chi connectivity index (χ1v) is 8.10. The van der Waals surface area contributed by atoms with Gasteiger partial charge in [-0.2, -0.15) is 5.26 Å². The average molecular weight is 353 g/mol. The third-order valence-electron chi connectivity index (χ3n) is 3.24. The molecule has 0 atom stereocenters. The van der Waals surface area contributed by atoms with Gasteiger partial charge in [0.2, 0.25) is 5.91 Å². The molecule has 25 heavy (non-hydrogen) atoms. The number of benzene rings is 1. The van der Waals surface area contributed by atoms with Gasteiger partial charge in [0, 0.05) is 11.6 Å². The van der Waals surface area contributed by atoms with E-state index in [1.54, 1.807) is 6.07 Å². The van der Waals surface area contributed by atoms with Crippen LogP contribution >= 0.6 is 11.8 Å². The summed E-state index contributed by atoms with van der Waals surface area (Å²) < 4.78 is 0. The number of pyridine rings is 1. The van der Waals surface area contributed by atoms with Gasteiger partial charge < -0.3 is 10.3 Å². The number of fused-ring (bicyclic) bond motifs is 1. The van der Waals surface area contributed by atoms with E-state index < -0.39 is 17.2 Å². The molecule has 2 aromatic heterocycles. The number of nitrogens with zero attached hydrogens (tertiary/aromatic N) is 2. The van der Waals surface area contributed by atoms with Gasteiger partial charge in [0.15, 0.2) is 0 Å². The number of aromatic amines is 2. The van der Waals surface area contributed by atoms with E-state index in [0.717, 1.165) is 28.9 Å². The molecule has 0 saturated heterocycles. The van der Waals surface area contributed by atoms with Crippen molar-refractivity contribution >= 4 is 34.3 Å². The molecule has 3 aromatic rings. The molecule has 0 aliphatic carbocycles. The van der Waals surface area contributed by atoms with E-state index in [1.165, 1.54) is 0 Å². The topological polar surface area (TPSA) is 131 Å². The number of carbonyl (C=O) groups excluding carboxylic acids is 1. The highest BCUT2D eigenvalue weighted by Gasteiger charge is 2.11. The van der Waals surface area contributed by atoms with Crippen LogP contribution in [0.25, 0.3) is 10.9 Å². The number of H-pyrrole nitrogens is 2. The molecule has 0 fully saturated rings. The maximum Gasteiger partial charge on any atom is 0.325 e. The summed E-state index contributed by atoms with van der Waals surface area (Å²) in [7, 11) is 0. The number of rotatable bonds is 4. The van der Waals surface area contributed by atoms with Crippen LogP contribution in [-0.2, 0) is 4.79 Å². The van der Waals surface area contributed by atoms with E-state index in [0.29, 0.717) is 10.6 Å². The average Bonchev–Trinajstić information content (AvgIpc) is 2.61. The number of nitrogens with one attached hydrogen (secondary N) is 3. The Hall–Kier alpha value is -3.38. The van der Waals surface area contributed by atoms with Crippen LogP contribution in [0.15, 0.2) is 51.1 Å². The second-order valence-electron chi connectivity index (χ2n) is 4.97. The SMILES string of the molecule is N#Cc1cc2ccccc2nc1SCC(=O)Nc1c[nH]c(=O)[nH]c1=O. The molecule has 2 heterocycles. The van der Waals surface area contributed by atoms with Crippen molar-refractivity contribution in [2.24, 2.45) is 0 Å². The third kappa shape index (κ3) is 3.76. The van der Waals surface area contributed by atoms with E-state index in [1.807, 2.05) is 29.2 Å². The van der Waals surface area contributed by atoms with Crippen molar-refractivity contribution in [3.8, 4) is 6.07 Å². The summed E-state index contributed by atoms with van der Waals surface area (Å²) >= 11 is 1.09. The van der Waals surface area contributed by atoms with Crippen LogP contribution in [-0.4, -0.2) is 26.6 Å². The molecule has 8 nitrogen and oxygen atoms in total. The molecule has 0 radical (unpaired) electrons. The first-order chi connectivity index (χ1) is 12.1. The molecule has 0 saturated carbocycles. The smallest absolute Gasteiger partial charge is 0.320 e. The minimum absolute atomic E-state index is 0.0431. The molecule has 0 aliphatic rings. The molecule has 0 spiro atoms. The number of aromatic nitrogens is 3. The highest BCUT2D eigenvalue weighted by atomic mass is 32.2. The summed E-state index contributed by atoms with van der Waals surface area (Å²) in [6, 6.07) is 11.2. The fourth-order valence-corrected chi connectivity index (χ4v) is 2.87. The minimum atomic E-state index is -0.691. The number of para-hydroxylation sites is 1. The van der Waals surface area contributed by atoms with Crippen LogP contribution in [0.1, 0.15) is 5.56 Å². The van der Waals surface area contributed by atoms with Gasteiger partial charge in [-0.15, -0.1) is 0 Å². The van der Waals surface area contributed by atoms with Crippen LogP contribution in [0.5, 0.6) is 0 Å². The number of anilines is 1. The number of thioether (sulfide) groups is 1. The maximum atomic E-state index is 12.0. The van der Waals surface area contributed by atoms with Crippen LogP contribution in [0.2, 0.25) is 0 Å². The molecule has 0 unspecified atom stereocenters. The molecule has 0 aliphatic heterocycles. The lowest BCUT2D eigenvalue weighted by molar-refractivity contribution is -0.113. The zero-order valence-corrected chi connectivity index (χ0v) is 13.5. The standard InChI is InChI=1S/C16H11N5O3S/c17-6-10-5-9-3-1-2-4-11(9)20-15(10)25-8-13(22)19-12-7-18-16(24)21-14(12)23/h1-5,7H,8H2,(H,19,22)(H2,18,21,23,24). The predicted octanol–water partition coefficient (Wildman–Crippen LogP) is 1.21. The molecular weight excluding hydrogens is 342 g/mol. The lowest BCUT2D eigenvalue weighted by Gasteiger charge is -2.06. The van der Waals surface area contributed by atoms with Gasteiger partial charge in [-0.1, -0.05) is 30.0 Å². The Morgan fingerprint density at radius 2 is 2.12 bits per heavy atom. The Morgan fingerprint density at radius 1 is 1.32 bits per heavy atom. The number of hydrogen-bond acceptors (Lipinski definition) is 6. The van der Waals surface area contributed by atoms with E-state index >= 15 is 0 Å². The summed E-state index contributed by atoms with van der Waals surface area (Å²) in [6.07, 6.45) is 1.12. The van der Waals surface area contributed by atoms with Crippen LogP contribution < -0.4 is 16.6 Å². The predicted molar refractivity (Wildman–Crippen MR) is 93.5 cm³/mol. The molecule has 9 heteroatoms. The van der Waals surface area contributed by atoms with Crippen LogP contribution in [0.4, 0.5) is 5.69 Å². The van der Waals surface area contributed by atoms with E-state index in [2.05, 4.69) is 21.4 Å². The van der Waals surface area contributed by atoms with Crippen LogP contribution in [0, 0.1) is 11.3 Å². The summed E-state index contributed by atoms with van der Waals surface area (Å²) in [6.45, 7) is 0. The number of amides is 1. The molecule has 124 valence electrons. The Kier molecular flexibility index (Phi) is 4.63. The van der Waals surface area contributed by atoms with Gasteiger partial charge in [0.1, 0.15) is 16.8 Å². The number of nitriles is 1. The molecule has 0 bridgehead atoms. The first-order valence-electron chi connectivity index (χ1n) is 7.11. The van der Waals surface area contributed by atoms with E-state index in [4.69, 9.17) is 0 Å². The van der Waals surface area contributed by atoms with E-state index in [-0.39, 0.29) is 11.4 Å². The largest absolute Gasteiger partial charge is 0.325 e. The van der Waals surface area contributed by atoms with Crippen molar-refractivity contribution in [3.63, 3.8) is 0 Å². The summed E-state index contributed by atoms with van der Waals surface area (Å²) in [5.41, 5.74) is -0.308. The Balaban J connectivity index is 1.75. The fraction of sp³-hybridized carbons (Fsp3) is 0.0625. The van der Waals surface area contributed by atoms with Gasteiger partial charge in [-0.3, -0.25) is 14.6 Å². The summed E-state index contributed by atoms with van der Waals surface area (Å²) in [5.74, 6) is -0.500. The van der Waals surface area contributed by atoms with Crippen molar-refractivity contribution in [2.75, 3.05) is 11.1 Å². The number of carbonyl (C=O) groups is 1. The van der Waals surface area contributed by atoms with Crippen molar-refractivity contribution in [3.05, 3.63) is 62.9 Å². The van der Waals surface area contributed by atoms with Crippen LogP contribution in [0.3, 0.4) is 0 Å². The second-order valence-corrected chi connectivity index (χ2v) is 5.93. The lowest BCUT2D eigenvalue weighted by Crippen LogP contribution is -2.27. The van der Waals surface area contributed by atoms with Gasteiger partial charge in [0.05, 0.1) is 16.8 Å². The maximum absolute atomic E-state index is 12.0. The van der Waals surface area contributed by atoms with Crippen molar-refractivity contribution < 1.29 is 4.79 Å². The Morgan fingerprint density at radius 3 is 2.88 bits per heavy atom. The molecule has 1 aromatic carbocycles. The lowest BCUT2D eigenvalue weighted by atomic mass is 10.2.